The summed E-state index contributed by atoms with van der Waals surface area (Å²) in [6.07, 6.45) is -0.0894. The molecule has 0 unspecified atom stereocenters. The van der Waals surface area contributed by atoms with Crippen molar-refractivity contribution in [3.05, 3.63) is 41.0 Å². The molecule has 2 aromatic rings. The minimum absolute atomic E-state index is 0.0266. The van der Waals surface area contributed by atoms with Crippen molar-refractivity contribution in [1.82, 2.24) is 15.2 Å². The maximum Gasteiger partial charge on any atom is 0.325 e. The van der Waals surface area contributed by atoms with E-state index in [4.69, 9.17) is 16.3 Å². The summed E-state index contributed by atoms with van der Waals surface area (Å²) in [5.41, 5.74) is 0.397. The molecule has 1 N–H and O–H groups in total. The normalized spacial score (nSPS) is 16.0. The van der Waals surface area contributed by atoms with Crippen LogP contribution in [0.2, 0.25) is 5.15 Å². The number of rotatable bonds is 5. The minimum atomic E-state index is -0.953. The Morgan fingerprint density at radius 2 is 2.04 bits per heavy atom. The summed E-state index contributed by atoms with van der Waals surface area (Å²) in [6.45, 7) is 3.17. The number of carbonyl (C=O) groups excluding carboxylic acids is 3. The second kappa shape index (κ2) is 6.92. The number of aromatic nitrogens is 1. The number of hydrogen-bond donors (Lipinski definition) is 1. The van der Waals surface area contributed by atoms with E-state index in [1.807, 2.05) is 30.3 Å². The van der Waals surface area contributed by atoms with Crippen LogP contribution in [-0.2, 0) is 20.9 Å². The molecule has 3 rings (SSSR count). The number of carbonyl (C=O) groups is 3. The Labute approximate surface area is 155 Å². The number of para-hydroxylation sites is 1. The molecule has 0 atom stereocenters. The van der Waals surface area contributed by atoms with Gasteiger partial charge in [-0.05, 0) is 26.0 Å². The van der Waals surface area contributed by atoms with E-state index in [0.29, 0.717) is 5.56 Å². The molecular formula is C18H18ClN3O4. The summed E-state index contributed by atoms with van der Waals surface area (Å²) in [7, 11) is 0. The van der Waals surface area contributed by atoms with Crippen LogP contribution < -0.4 is 5.32 Å². The Morgan fingerprint density at radius 1 is 1.31 bits per heavy atom. The van der Waals surface area contributed by atoms with Crippen molar-refractivity contribution in [2.45, 2.75) is 32.4 Å². The third-order valence-corrected chi connectivity index (χ3v) is 4.45. The first-order valence-corrected chi connectivity index (χ1v) is 8.49. The smallest absolute Gasteiger partial charge is 0.325 e. The van der Waals surface area contributed by atoms with Crippen molar-refractivity contribution in [2.75, 3.05) is 6.54 Å². The second-order valence-electron chi connectivity index (χ2n) is 6.55. The van der Waals surface area contributed by atoms with E-state index in [0.717, 1.165) is 15.8 Å². The first-order valence-electron chi connectivity index (χ1n) is 8.12. The summed E-state index contributed by atoms with van der Waals surface area (Å²) in [5, 5.41) is 3.72. The number of ether oxygens (including phenoxy) is 1. The van der Waals surface area contributed by atoms with Gasteiger partial charge < -0.3 is 10.1 Å². The number of halogens is 1. The molecule has 136 valence electrons. The number of urea groups is 1. The van der Waals surface area contributed by atoms with Gasteiger partial charge in [0.15, 0.2) is 0 Å². The number of esters is 1. The lowest BCUT2D eigenvalue weighted by molar-refractivity contribution is -0.145. The number of imide groups is 1. The highest BCUT2D eigenvalue weighted by atomic mass is 35.5. The summed E-state index contributed by atoms with van der Waals surface area (Å²) in [4.78, 5) is 41.1. The minimum Gasteiger partial charge on any atom is -0.461 e. The zero-order valence-electron chi connectivity index (χ0n) is 14.4. The monoisotopic (exact) mass is 375 g/mol. The predicted octanol–water partition coefficient (Wildman–Crippen LogP) is 2.65. The van der Waals surface area contributed by atoms with Crippen LogP contribution in [0.4, 0.5) is 4.79 Å². The lowest BCUT2D eigenvalue weighted by atomic mass is 10.1. The highest BCUT2D eigenvalue weighted by Gasteiger charge is 2.44. The topological polar surface area (TPSA) is 88.6 Å². The third-order valence-electron chi connectivity index (χ3n) is 4.12. The van der Waals surface area contributed by atoms with Crippen LogP contribution in [0.5, 0.6) is 0 Å². The fourth-order valence-corrected chi connectivity index (χ4v) is 2.89. The van der Waals surface area contributed by atoms with Crippen LogP contribution in [0, 0.1) is 0 Å². The van der Waals surface area contributed by atoms with Crippen LogP contribution in [-0.4, -0.2) is 39.9 Å². The van der Waals surface area contributed by atoms with E-state index in [1.165, 1.54) is 0 Å². The molecule has 0 radical (unpaired) electrons. The summed E-state index contributed by atoms with van der Waals surface area (Å²) >= 11 is 6.13. The molecule has 1 aromatic heterocycles. The summed E-state index contributed by atoms with van der Waals surface area (Å²) < 4.78 is 5.21. The lowest BCUT2D eigenvalue weighted by Crippen LogP contribution is -2.40. The van der Waals surface area contributed by atoms with Gasteiger partial charge in [-0.15, -0.1) is 0 Å². The number of nitrogens with zero attached hydrogens (tertiary/aromatic N) is 2. The van der Waals surface area contributed by atoms with Gasteiger partial charge in [0.1, 0.15) is 17.3 Å². The Balaban J connectivity index is 1.57. The number of fused-ring (bicyclic) bond motifs is 1. The van der Waals surface area contributed by atoms with E-state index in [-0.39, 0.29) is 30.6 Å². The number of benzene rings is 1. The molecule has 1 aliphatic rings. The zero-order chi connectivity index (χ0) is 18.9. The zero-order valence-corrected chi connectivity index (χ0v) is 15.2. The molecule has 1 aromatic carbocycles. The van der Waals surface area contributed by atoms with Crippen molar-refractivity contribution in [1.29, 1.82) is 0 Å². The molecule has 7 nitrogen and oxygen atoms in total. The van der Waals surface area contributed by atoms with E-state index in [9.17, 15) is 14.4 Å². The molecule has 3 amide bonds. The molecule has 0 saturated carbocycles. The number of hydrogen-bond acceptors (Lipinski definition) is 5. The molecule has 26 heavy (non-hydrogen) atoms. The van der Waals surface area contributed by atoms with E-state index >= 15 is 0 Å². The van der Waals surface area contributed by atoms with Crippen LogP contribution >= 0.6 is 11.6 Å². The second-order valence-corrected chi connectivity index (χ2v) is 6.91. The molecule has 8 heteroatoms. The maximum atomic E-state index is 12.1. The Morgan fingerprint density at radius 3 is 2.73 bits per heavy atom. The third kappa shape index (κ3) is 3.62. The van der Waals surface area contributed by atoms with Crippen molar-refractivity contribution in [3.63, 3.8) is 0 Å². The van der Waals surface area contributed by atoms with Crippen molar-refractivity contribution in [2.24, 2.45) is 0 Å². The number of amides is 3. The van der Waals surface area contributed by atoms with Gasteiger partial charge in [-0.3, -0.25) is 14.5 Å². The van der Waals surface area contributed by atoms with Gasteiger partial charge in [-0.25, -0.2) is 9.78 Å². The van der Waals surface area contributed by atoms with Gasteiger partial charge in [0.25, 0.3) is 5.91 Å². The van der Waals surface area contributed by atoms with Gasteiger partial charge in [0, 0.05) is 17.5 Å². The van der Waals surface area contributed by atoms with Crippen LogP contribution in [0.25, 0.3) is 10.9 Å². The van der Waals surface area contributed by atoms with E-state index in [2.05, 4.69) is 10.3 Å². The fraction of sp³-hybridized carbons (Fsp3) is 0.333. The molecular weight excluding hydrogens is 358 g/mol. The highest BCUT2D eigenvalue weighted by molar-refractivity contribution is 6.30. The maximum absolute atomic E-state index is 12.1. The number of pyridine rings is 1. The van der Waals surface area contributed by atoms with Gasteiger partial charge in [0.2, 0.25) is 0 Å². The molecule has 0 spiro atoms. The first kappa shape index (κ1) is 18.1. The van der Waals surface area contributed by atoms with Crippen LogP contribution in [0.15, 0.2) is 30.3 Å². The Kier molecular flexibility index (Phi) is 4.82. The standard InChI is InChI=1S/C18H18ClN3O4/c1-18(2)16(24)22(17(25)21-18)8-7-14(23)26-10-12-9-11-5-3-4-6-13(11)20-15(12)19/h3-6,9H,7-8,10H2,1-2H3,(H,21,25). The molecule has 1 aliphatic heterocycles. The van der Waals surface area contributed by atoms with Gasteiger partial charge in [-0.1, -0.05) is 29.8 Å². The quantitative estimate of drug-likeness (QED) is 0.493. The SMILES string of the molecule is CC1(C)NC(=O)N(CCC(=O)OCc2cc3ccccc3nc2Cl)C1=O. The van der Waals surface area contributed by atoms with Gasteiger partial charge in [0.05, 0.1) is 11.9 Å². The predicted molar refractivity (Wildman–Crippen MR) is 95.5 cm³/mol. The molecule has 0 aliphatic carbocycles. The molecule has 2 heterocycles. The molecule has 1 fully saturated rings. The first-order chi connectivity index (χ1) is 12.3. The van der Waals surface area contributed by atoms with Gasteiger partial charge >= 0.3 is 12.0 Å². The Hall–Kier alpha value is -2.67. The summed E-state index contributed by atoms with van der Waals surface area (Å²) in [5.74, 6) is -0.892. The van der Waals surface area contributed by atoms with Crippen LogP contribution in [0.3, 0.4) is 0 Å². The average molecular weight is 376 g/mol. The van der Waals surface area contributed by atoms with Crippen molar-refractivity contribution in [3.8, 4) is 0 Å². The van der Waals surface area contributed by atoms with E-state index in [1.54, 1.807) is 13.8 Å². The van der Waals surface area contributed by atoms with Crippen LogP contribution in [0.1, 0.15) is 25.8 Å². The average Bonchev–Trinajstić information content (AvgIpc) is 2.78. The van der Waals surface area contributed by atoms with Crippen molar-refractivity contribution < 1.29 is 19.1 Å². The molecule has 1 saturated heterocycles. The molecule has 0 bridgehead atoms. The summed E-state index contributed by atoms with van der Waals surface area (Å²) in [6, 6.07) is 8.79. The largest absolute Gasteiger partial charge is 0.461 e. The van der Waals surface area contributed by atoms with E-state index < -0.39 is 17.5 Å². The Bertz CT molecular complexity index is 897. The highest BCUT2D eigenvalue weighted by Crippen LogP contribution is 2.21. The van der Waals surface area contributed by atoms with Gasteiger partial charge in [-0.2, -0.15) is 0 Å². The van der Waals surface area contributed by atoms with Crippen molar-refractivity contribution >= 4 is 40.4 Å². The lowest BCUT2D eigenvalue weighted by Gasteiger charge is -2.15. The fourth-order valence-electron chi connectivity index (χ4n) is 2.69. The number of nitrogens with one attached hydrogen (secondary N) is 1.